The van der Waals surface area contributed by atoms with Gasteiger partial charge in [-0.15, -0.1) is 0 Å². The highest BCUT2D eigenvalue weighted by atomic mass is 19.1. The molecule has 0 aliphatic rings. The molecular weight excluding hydrogens is 280 g/mol. The van der Waals surface area contributed by atoms with Crippen LogP contribution in [0.2, 0.25) is 0 Å². The van der Waals surface area contributed by atoms with Gasteiger partial charge in [0.2, 0.25) is 0 Å². The number of nitrogens with one attached hydrogen (secondary N) is 1. The first-order valence-electron chi connectivity index (χ1n) is 6.01. The van der Waals surface area contributed by atoms with Crippen molar-refractivity contribution in [2.75, 3.05) is 11.9 Å². The van der Waals surface area contributed by atoms with E-state index in [1.165, 1.54) is 36.4 Å². The predicted molar refractivity (Wildman–Crippen MR) is 72.3 cm³/mol. The zero-order valence-electron chi connectivity index (χ0n) is 10.8. The number of carbonyl (C=O) groups is 2. The van der Waals surface area contributed by atoms with Gasteiger partial charge in [0, 0.05) is 11.3 Å². The molecular formula is C15H11F2NO3. The number of rotatable bonds is 5. The molecule has 0 aromatic heterocycles. The number of anilines is 1. The molecule has 0 spiro atoms. The summed E-state index contributed by atoms with van der Waals surface area (Å²) < 4.78 is 31.2. The SMILES string of the molecule is O=Cc1ccc(OCC(=O)Nc2ccc(F)cc2)c(F)c1. The number of hydrogen-bond acceptors (Lipinski definition) is 3. The maximum atomic E-state index is 13.5. The average molecular weight is 291 g/mol. The summed E-state index contributed by atoms with van der Waals surface area (Å²) >= 11 is 0. The maximum Gasteiger partial charge on any atom is 0.262 e. The van der Waals surface area contributed by atoms with E-state index in [-0.39, 0.29) is 11.3 Å². The van der Waals surface area contributed by atoms with Crippen molar-refractivity contribution in [3.05, 3.63) is 59.7 Å². The molecule has 4 nitrogen and oxygen atoms in total. The molecule has 2 aromatic rings. The Morgan fingerprint density at radius 3 is 2.48 bits per heavy atom. The molecule has 0 saturated heterocycles. The average Bonchev–Trinajstić information content (AvgIpc) is 2.48. The molecule has 1 N–H and O–H groups in total. The smallest absolute Gasteiger partial charge is 0.262 e. The van der Waals surface area contributed by atoms with Crippen molar-refractivity contribution in [3.8, 4) is 5.75 Å². The summed E-state index contributed by atoms with van der Waals surface area (Å²) in [6, 6.07) is 8.86. The van der Waals surface area contributed by atoms with Crippen molar-refractivity contribution in [2.24, 2.45) is 0 Å². The van der Waals surface area contributed by atoms with E-state index in [0.29, 0.717) is 12.0 Å². The molecule has 108 valence electrons. The summed E-state index contributed by atoms with van der Waals surface area (Å²) in [6.07, 6.45) is 0.508. The first kappa shape index (κ1) is 14.6. The molecule has 0 atom stereocenters. The molecule has 2 rings (SSSR count). The Labute approximate surface area is 119 Å². The van der Waals surface area contributed by atoms with Crippen molar-refractivity contribution in [2.45, 2.75) is 0 Å². The standard InChI is InChI=1S/C15H11F2NO3/c16-11-2-4-12(5-3-11)18-15(20)9-21-14-6-1-10(8-19)7-13(14)17/h1-8H,9H2,(H,18,20). The summed E-state index contributed by atoms with van der Waals surface area (Å²) in [4.78, 5) is 22.1. The monoisotopic (exact) mass is 291 g/mol. The number of halogens is 2. The molecule has 0 aliphatic carbocycles. The molecule has 0 unspecified atom stereocenters. The third kappa shape index (κ3) is 4.10. The van der Waals surface area contributed by atoms with E-state index in [2.05, 4.69) is 5.32 Å². The van der Waals surface area contributed by atoms with Gasteiger partial charge in [-0.25, -0.2) is 8.78 Å². The third-order valence-electron chi connectivity index (χ3n) is 2.58. The van der Waals surface area contributed by atoms with Crippen LogP contribution in [0, 0.1) is 11.6 Å². The van der Waals surface area contributed by atoms with Gasteiger partial charge in [-0.2, -0.15) is 0 Å². The van der Waals surface area contributed by atoms with Crippen LogP contribution in [0.5, 0.6) is 5.75 Å². The first-order chi connectivity index (χ1) is 10.1. The highest BCUT2D eigenvalue weighted by molar-refractivity contribution is 5.91. The lowest BCUT2D eigenvalue weighted by Crippen LogP contribution is -2.20. The van der Waals surface area contributed by atoms with Crippen molar-refractivity contribution in [3.63, 3.8) is 0 Å². The van der Waals surface area contributed by atoms with Gasteiger partial charge in [0.1, 0.15) is 12.1 Å². The Hall–Kier alpha value is -2.76. The van der Waals surface area contributed by atoms with Gasteiger partial charge in [0.05, 0.1) is 0 Å². The van der Waals surface area contributed by atoms with E-state index in [1.54, 1.807) is 0 Å². The normalized spacial score (nSPS) is 10.0. The van der Waals surface area contributed by atoms with E-state index >= 15 is 0 Å². The van der Waals surface area contributed by atoms with Crippen LogP contribution in [0.25, 0.3) is 0 Å². The fraction of sp³-hybridized carbons (Fsp3) is 0.0667. The zero-order chi connectivity index (χ0) is 15.2. The first-order valence-corrected chi connectivity index (χ1v) is 6.01. The van der Waals surface area contributed by atoms with Gasteiger partial charge in [-0.1, -0.05) is 0 Å². The Morgan fingerprint density at radius 1 is 1.14 bits per heavy atom. The van der Waals surface area contributed by atoms with Crippen LogP contribution in [0.3, 0.4) is 0 Å². The van der Waals surface area contributed by atoms with E-state index in [0.717, 1.165) is 6.07 Å². The molecule has 21 heavy (non-hydrogen) atoms. The minimum Gasteiger partial charge on any atom is -0.481 e. The Balaban J connectivity index is 1.92. The van der Waals surface area contributed by atoms with Gasteiger partial charge >= 0.3 is 0 Å². The molecule has 0 heterocycles. The van der Waals surface area contributed by atoms with Crippen molar-refractivity contribution in [1.82, 2.24) is 0 Å². The Bertz CT molecular complexity index is 656. The van der Waals surface area contributed by atoms with Crippen molar-refractivity contribution >= 4 is 17.9 Å². The van der Waals surface area contributed by atoms with Crippen LogP contribution in [-0.4, -0.2) is 18.8 Å². The van der Waals surface area contributed by atoms with Crippen LogP contribution >= 0.6 is 0 Å². The molecule has 0 saturated carbocycles. The summed E-state index contributed by atoms with van der Waals surface area (Å²) in [5, 5.41) is 2.47. The molecule has 0 aliphatic heterocycles. The fourth-order valence-corrected chi connectivity index (χ4v) is 1.58. The second-order valence-electron chi connectivity index (χ2n) is 4.15. The summed E-state index contributed by atoms with van der Waals surface area (Å²) in [5.74, 6) is -1.79. The Kier molecular flexibility index (Phi) is 4.61. The van der Waals surface area contributed by atoms with Crippen LogP contribution in [0.1, 0.15) is 10.4 Å². The van der Waals surface area contributed by atoms with E-state index in [4.69, 9.17) is 4.74 Å². The quantitative estimate of drug-likeness (QED) is 0.862. The van der Waals surface area contributed by atoms with E-state index in [1.807, 2.05) is 0 Å². The van der Waals surface area contributed by atoms with Gasteiger partial charge in [-0.3, -0.25) is 9.59 Å². The lowest BCUT2D eigenvalue weighted by molar-refractivity contribution is -0.118. The third-order valence-corrected chi connectivity index (χ3v) is 2.58. The molecule has 0 bridgehead atoms. The van der Waals surface area contributed by atoms with Gasteiger partial charge < -0.3 is 10.1 Å². The fourth-order valence-electron chi connectivity index (χ4n) is 1.58. The molecule has 0 radical (unpaired) electrons. The van der Waals surface area contributed by atoms with Crippen LogP contribution in [0.15, 0.2) is 42.5 Å². The maximum absolute atomic E-state index is 13.5. The predicted octanol–water partition coefficient (Wildman–Crippen LogP) is 2.79. The van der Waals surface area contributed by atoms with Gasteiger partial charge in [-0.05, 0) is 42.5 Å². The summed E-state index contributed by atoms with van der Waals surface area (Å²) in [7, 11) is 0. The Morgan fingerprint density at radius 2 is 1.86 bits per heavy atom. The van der Waals surface area contributed by atoms with Gasteiger partial charge in [0.25, 0.3) is 5.91 Å². The zero-order valence-corrected chi connectivity index (χ0v) is 10.8. The topological polar surface area (TPSA) is 55.4 Å². The second kappa shape index (κ2) is 6.60. The van der Waals surface area contributed by atoms with Gasteiger partial charge in [0.15, 0.2) is 18.2 Å². The van der Waals surface area contributed by atoms with Crippen LogP contribution in [0.4, 0.5) is 14.5 Å². The van der Waals surface area contributed by atoms with E-state index in [9.17, 15) is 18.4 Å². The summed E-state index contributed by atoms with van der Waals surface area (Å²) in [5.41, 5.74) is 0.581. The van der Waals surface area contributed by atoms with Crippen molar-refractivity contribution < 1.29 is 23.1 Å². The number of ether oxygens (including phenoxy) is 1. The molecule has 0 fully saturated rings. The lowest BCUT2D eigenvalue weighted by Gasteiger charge is -2.08. The number of aldehydes is 1. The summed E-state index contributed by atoms with van der Waals surface area (Å²) in [6.45, 7) is -0.408. The van der Waals surface area contributed by atoms with Crippen LogP contribution in [-0.2, 0) is 4.79 Å². The minimum atomic E-state index is -0.728. The number of benzene rings is 2. The highest BCUT2D eigenvalue weighted by Crippen LogP contribution is 2.17. The lowest BCUT2D eigenvalue weighted by atomic mass is 10.2. The molecule has 2 aromatic carbocycles. The number of carbonyl (C=O) groups excluding carboxylic acids is 2. The minimum absolute atomic E-state index is 0.130. The number of hydrogen-bond donors (Lipinski definition) is 1. The van der Waals surface area contributed by atoms with E-state index < -0.39 is 24.1 Å². The van der Waals surface area contributed by atoms with Crippen LogP contribution < -0.4 is 10.1 Å². The van der Waals surface area contributed by atoms with Crippen molar-refractivity contribution in [1.29, 1.82) is 0 Å². The molecule has 6 heteroatoms. The number of amides is 1. The second-order valence-corrected chi connectivity index (χ2v) is 4.15. The highest BCUT2D eigenvalue weighted by Gasteiger charge is 2.08. The molecule has 1 amide bonds. The largest absolute Gasteiger partial charge is 0.481 e.